The number of carbonyl (C=O) groups is 1. The van der Waals surface area contributed by atoms with Crippen molar-refractivity contribution in [2.75, 3.05) is 33.2 Å². The van der Waals surface area contributed by atoms with E-state index in [0.717, 1.165) is 17.0 Å². The van der Waals surface area contributed by atoms with Crippen molar-refractivity contribution >= 4 is 11.6 Å². The quantitative estimate of drug-likeness (QED) is 0.891. The summed E-state index contributed by atoms with van der Waals surface area (Å²) in [4.78, 5) is 14.3. The summed E-state index contributed by atoms with van der Waals surface area (Å²) in [5, 5.41) is 2.92. The monoisotopic (exact) mass is 314 g/mol. The summed E-state index contributed by atoms with van der Waals surface area (Å²) >= 11 is 0. The SMILES string of the molecule is COc1ccc(CNC(=O)c2cccc(N(C)C)c2)c(OC)c1. The Morgan fingerprint density at radius 2 is 1.87 bits per heavy atom. The lowest BCUT2D eigenvalue weighted by molar-refractivity contribution is 0.0950. The van der Waals surface area contributed by atoms with Gasteiger partial charge >= 0.3 is 0 Å². The van der Waals surface area contributed by atoms with Gasteiger partial charge in [0.25, 0.3) is 5.91 Å². The minimum Gasteiger partial charge on any atom is -0.497 e. The summed E-state index contributed by atoms with van der Waals surface area (Å²) in [5.41, 5.74) is 2.51. The Labute approximate surface area is 136 Å². The molecule has 0 aliphatic rings. The molecule has 0 aromatic heterocycles. The van der Waals surface area contributed by atoms with Crippen molar-refractivity contribution in [3.05, 3.63) is 53.6 Å². The Morgan fingerprint density at radius 1 is 1.09 bits per heavy atom. The zero-order chi connectivity index (χ0) is 16.8. The highest BCUT2D eigenvalue weighted by Gasteiger charge is 2.10. The maximum atomic E-state index is 12.3. The smallest absolute Gasteiger partial charge is 0.251 e. The van der Waals surface area contributed by atoms with Crippen molar-refractivity contribution in [3.63, 3.8) is 0 Å². The lowest BCUT2D eigenvalue weighted by Crippen LogP contribution is -2.23. The number of anilines is 1. The van der Waals surface area contributed by atoms with Gasteiger partial charge in [-0.25, -0.2) is 0 Å². The van der Waals surface area contributed by atoms with Crippen molar-refractivity contribution in [2.45, 2.75) is 6.54 Å². The summed E-state index contributed by atoms with van der Waals surface area (Å²) < 4.78 is 10.5. The van der Waals surface area contributed by atoms with Crippen molar-refractivity contribution in [3.8, 4) is 11.5 Å². The third kappa shape index (κ3) is 4.16. The Morgan fingerprint density at radius 3 is 2.52 bits per heavy atom. The molecule has 0 spiro atoms. The molecule has 0 saturated heterocycles. The highest BCUT2D eigenvalue weighted by molar-refractivity contribution is 5.95. The Kier molecular flexibility index (Phi) is 5.46. The molecule has 0 heterocycles. The summed E-state index contributed by atoms with van der Waals surface area (Å²) in [7, 11) is 7.09. The van der Waals surface area contributed by atoms with Gasteiger partial charge in [-0.05, 0) is 30.3 Å². The predicted molar refractivity (Wildman–Crippen MR) is 91.5 cm³/mol. The fourth-order valence-corrected chi connectivity index (χ4v) is 2.20. The molecular weight excluding hydrogens is 292 g/mol. The van der Waals surface area contributed by atoms with Crippen LogP contribution in [0.2, 0.25) is 0 Å². The van der Waals surface area contributed by atoms with Gasteiger partial charge in [0.15, 0.2) is 0 Å². The number of amides is 1. The summed E-state index contributed by atoms with van der Waals surface area (Å²) in [6.45, 7) is 0.387. The van der Waals surface area contributed by atoms with Crippen LogP contribution in [0, 0.1) is 0 Å². The van der Waals surface area contributed by atoms with Crippen LogP contribution in [0.5, 0.6) is 11.5 Å². The first-order valence-electron chi connectivity index (χ1n) is 7.31. The predicted octanol–water partition coefficient (Wildman–Crippen LogP) is 2.70. The van der Waals surface area contributed by atoms with Gasteiger partial charge in [-0.2, -0.15) is 0 Å². The van der Waals surface area contributed by atoms with Crippen LogP contribution in [-0.2, 0) is 6.54 Å². The standard InChI is InChI=1S/C18H22N2O3/c1-20(2)15-7-5-6-13(10-15)18(21)19-12-14-8-9-16(22-3)11-17(14)23-4/h5-11H,12H2,1-4H3,(H,19,21). The number of benzene rings is 2. The number of hydrogen-bond donors (Lipinski definition) is 1. The van der Waals surface area contributed by atoms with Crippen molar-refractivity contribution in [1.82, 2.24) is 5.32 Å². The second-order valence-electron chi connectivity index (χ2n) is 5.31. The van der Waals surface area contributed by atoms with E-state index in [1.165, 1.54) is 0 Å². The van der Waals surface area contributed by atoms with E-state index < -0.39 is 0 Å². The van der Waals surface area contributed by atoms with Gasteiger partial charge in [0, 0.05) is 43.5 Å². The molecule has 5 nitrogen and oxygen atoms in total. The maximum absolute atomic E-state index is 12.3. The molecule has 0 aliphatic heterocycles. The number of hydrogen-bond acceptors (Lipinski definition) is 4. The van der Waals surface area contributed by atoms with Crippen LogP contribution in [0.25, 0.3) is 0 Å². The van der Waals surface area contributed by atoms with Gasteiger partial charge in [-0.3, -0.25) is 4.79 Å². The maximum Gasteiger partial charge on any atom is 0.251 e. The van der Waals surface area contributed by atoms with E-state index >= 15 is 0 Å². The van der Waals surface area contributed by atoms with E-state index in [1.54, 1.807) is 26.4 Å². The second-order valence-corrected chi connectivity index (χ2v) is 5.31. The van der Waals surface area contributed by atoms with Crippen LogP contribution >= 0.6 is 0 Å². The molecule has 122 valence electrons. The van der Waals surface area contributed by atoms with Gasteiger partial charge < -0.3 is 19.7 Å². The summed E-state index contributed by atoms with van der Waals surface area (Å²) in [5.74, 6) is 1.29. The fourth-order valence-electron chi connectivity index (χ4n) is 2.20. The molecule has 0 fully saturated rings. The average molecular weight is 314 g/mol. The second kappa shape index (κ2) is 7.54. The molecule has 5 heteroatoms. The molecular formula is C18H22N2O3. The van der Waals surface area contributed by atoms with E-state index in [9.17, 15) is 4.79 Å². The summed E-state index contributed by atoms with van der Waals surface area (Å²) in [6, 6.07) is 13.0. The molecule has 2 aromatic carbocycles. The molecule has 2 aromatic rings. The first-order valence-corrected chi connectivity index (χ1v) is 7.31. The van der Waals surface area contributed by atoms with Crippen molar-refractivity contribution in [2.24, 2.45) is 0 Å². The van der Waals surface area contributed by atoms with E-state index in [0.29, 0.717) is 17.9 Å². The van der Waals surface area contributed by atoms with Crippen LogP contribution in [-0.4, -0.2) is 34.2 Å². The molecule has 0 radical (unpaired) electrons. The van der Waals surface area contributed by atoms with Gasteiger partial charge in [0.05, 0.1) is 14.2 Å². The largest absolute Gasteiger partial charge is 0.497 e. The lowest BCUT2D eigenvalue weighted by Gasteiger charge is -2.14. The molecule has 23 heavy (non-hydrogen) atoms. The van der Waals surface area contributed by atoms with Crippen molar-refractivity contribution < 1.29 is 14.3 Å². The summed E-state index contributed by atoms with van der Waals surface area (Å²) in [6.07, 6.45) is 0. The number of methoxy groups -OCH3 is 2. The van der Waals surface area contributed by atoms with E-state index in [1.807, 2.05) is 49.3 Å². The number of nitrogens with zero attached hydrogens (tertiary/aromatic N) is 1. The zero-order valence-electron chi connectivity index (χ0n) is 13.9. The molecule has 0 saturated carbocycles. The van der Waals surface area contributed by atoms with E-state index in [4.69, 9.17) is 9.47 Å². The van der Waals surface area contributed by atoms with Crippen molar-refractivity contribution in [1.29, 1.82) is 0 Å². The van der Waals surface area contributed by atoms with Crippen LogP contribution < -0.4 is 19.7 Å². The first-order chi connectivity index (χ1) is 11.0. The molecule has 0 bridgehead atoms. The molecule has 1 N–H and O–H groups in total. The number of rotatable bonds is 6. The lowest BCUT2D eigenvalue weighted by atomic mass is 10.1. The van der Waals surface area contributed by atoms with Gasteiger partial charge in [0.1, 0.15) is 11.5 Å². The first kappa shape index (κ1) is 16.7. The Balaban J connectivity index is 2.08. The minimum atomic E-state index is -0.119. The molecule has 1 amide bonds. The minimum absolute atomic E-state index is 0.119. The van der Waals surface area contributed by atoms with E-state index in [2.05, 4.69) is 5.32 Å². The van der Waals surface area contributed by atoms with Gasteiger partial charge in [0.2, 0.25) is 0 Å². The number of nitrogens with one attached hydrogen (secondary N) is 1. The molecule has 2 rings (SSSR count). The van der Waals surface area contributed by atoms with Gasteiger partial charge in [-0.15, -0.1) is 0 Å². The Hall–Kier alpha value is -2.69. The van der Waals surface area contributed by atoms with Gasteiger partial charge in [-0.1, -0.05) is 6.07 Å². The van der Waals surface area contributed by atoms with Crippen LogP contribution in [0.1, 0.15) is 15.9 Å². The topological polar surface area (TPSA) is 50.8 Å². The third-order valence-electron chi connectivity index (χ3n) is 3.56. The highest BCUT2D eigenvalue weighted by Crippen LogP contribution is 2.24. The number of ether oxygens (including phenoxy) is 2. The normalized spacial score (nSPS) is 10.1. The molecule has 0 atom stereocenters. The van der Waals surface area contributed by atoms with Crippen LogP contribution in [0.4, 0.5) is 5.69 Å². The van der Waals surface area contributed by atoms with E-state index in [-0.39, 0.29) is 5.91 Å². The molecule has 0 aliphatic carbocycles. The van der Waals surface area contributed by atoms with Crippen LogP contribution in [0.3, 0.4) is 0 Å². The molecule has 0 unspecified atom stereocenters. The zero-order valence-corrected chi connectivity index (χ0v) is 13.9. The average Bonchev–Trinajstić information content (AvgIpc) is 2.59. The highest BCUT2D eigenvalue weighted by atomic mass is 16.5. The Bertz CT molecular complexity index is 684. The fraction of sp³-hybridized carbons (Fsp3) is 0.278. The number of carbonyl (C=O) groups excluding carboxylic acids is 1. The third-order valence-corrected chi connectivity index (χ3v) is 3.56. The van der Waals surface area contributed by atoms with Crippen LogP contribution in [0.15, 0.2) is 42.5 Å².